The van der Waals surface area contributed by atoms with Crippen LogP contribution in [0.4, 0.5) is 0 Å². The van der Waals surface area contributed by atoms with Gasteiger partial charge in [0.05, 0.1) is 17.1 Å². The van der Waals surface area contributed by atoms with Crippen molar-refractivity contribution in [2.24, 2.45) is 0 Å². The number of imidazole rings is 1. The lowest BCUT2D eigenvalue weighted by Gasteiger charge is -2.40. The van der Waals surface area contributed by atoms with Crippen LogP contribution in [0.3, 0.4) is 0 Å². The molecular formula is C28H37Cl3N4OS. The number of fused-ring (bicyclic) bond motifs is 1. The fourth-order valence-electron chi connectivity index (χ4n) is 5.01. The third-order valence-electron chi connectivity index (χ3n) is 6.66. The summed E-state index contributed by atoms with van der Waals surface area (Å²) < 4.78 is 2.39. The van der Waals surface area contributed by atoms with Gasteiger partial charge in [0, 0.05) is 32.7 Å². The molecule has 2 heterocycles. The molecule has 0 saturated carbocycles. The highest BCUT2D eigenvalue weighted by Crippen LogP contribution is 2.29. The van der Waals surface area contributed by atoms with Gasteiger partial charge < -0.3 is 14.9 Å². The van der Waals surface area contributed by atoms with Crippen LogP contribution in [0.5, 0.6) is 0 Å². The Balaban J connectivity index is 0.00000171. The summed E-state index contributed by atoms with van der Waals surface area (Å²) in [5.41, 5.74) is 5.12. The predicted octanol–water partition coefficient (Wildman–Crippen LogP) is 6.00. The number of hydrogen-bond acceptors (Lipinski definition) is 4. The molecule has 1 aliphatic heterocycles. The Labute approximate surface area is 243 Å². The minimum Gasteiger partial charge on any atom is -0.412 e. The van der Waals surface area contributed by atoms with Crippen LogP contribution in [0.1, 0.15) is 23.6 Å². The monoisotopic (exact) mass is 582 g/mol. The number of benzene rings is 3. The second kappa shape index (κ2) is 16.2. The van der Waals surface area contributed by atoms with E-state index in [2.05, 4.69) is 106 Å². The van der Waals surface area contributed by atoms with E-state index in [1.165, 1.54) is 16.6 Å². The maximum absolute atomic E-state index is 4.79. The quantitative estimate of drug-likeness (QED) is 0.239. The normalized spacial score (nSPS) is 13.8. The second-order valence-corrected chi connectivity index (χ2v) is 9.47. The summed E-state index contributed by atoms with van der Waals surface area (Å²) in [5, 5.41) is 1.12. The highest BCUT2D eigenvalue weighted by Gasteiger charge is 2.26. The topological polar surface area (TPSA) is 55.8 Å². The number of para-hydroxylation sites is 2. The lowest BCUT2D eigenvalue weighted by molar-refractivity contribution is 0.107. The van der Waals surface area contributed by atoms with E-state index in [-0.39, 0.29) is 42.7 Å². The molecule has 0 spiro atoms. The van der Waals surface area contributed by atoms with Gasteiger partial charge in [-0.05, 0) is 42.5 Å². The largest absolute Gasteiger partial charge is 0.412 e. The molecule has 0 radical (unpaired) electrons. The Morgan fingerprint density at radius 2 is 1.27 bits per heavy atom. The van der Waals surface area contributed by atoms with Gasteiger partial charge in [0.2, 0.25) is 0 Å². The van der Waals surface area contributed by atoms with Gasteiger partial charge in [-0.15, -0.1) is 37.2 Å². The first-order valence-corrected chi connectivity index (χ1v) is 13.1. The van der Waals surface area contributed by atoms with E-state index in [1.807, 2.05) is 0 Å². The van der Waals surface area contributed by atoms with Gasteiger partial charge in [0.15, 0.2) is 5.16 Å². The molecular weight excluding hydrogens is 547 g/mol. The summed E-state index contributed by atoms with van der Waals surface area (Å²) in [5.74, 6) is 0. The van der Waals surface area contributed by atoms with Crippen LogP contribution >= 0.6 is 49.0 Å². The Morgan fingerprint density at radius 3 is 1.84 bits per heavy atom. The smallest absolute Gasteiger partial charge is 0.168 e. The number of aryl methyl sites for hydroxylation is 1. The highest BCUT2D eigenvalue weighted by molar-refractivity contribution is 7.98. The summed E-state index contributed by atoms with van der Waals surface area (Å²) in [6, 6.07) is 30.7. The Hall–Kier alpha value is -1.77. The molecule has 1 aromatic heterocycles. The van der Waals surface area contributed by atoms with Crippen LogP contribution in [-0.2, 0) is 6.54 Å². The summed E-state index contributed by atoms with van der Waals surface area (Å²) in [6.07, 6.45) is 3.27. The average Bonchev–Trinajstić information content (AvgIpc) is 3.24. The van der Waals surface area contributed by atoms with Crippen LogP contribution < -0.4 is 0 Å². The number of thioether (sulfide) groups is 1. The molecule has 0 unspecified atom stereocenters. The van der Waals surface area contributed by atoms with Crippen molar-refractivity contribution in [3.63, 3.8) is 0 Å². The van der Waals surface area contributed by atoms with E-state index in [1.54, 1.807) is 11.8 Å². The number of halogens is 3. The zero-order valence-electron chi connectivity index (χ0n) is 21.0. The van der Waals surface area contributed by atoms with E-state index >= 15 is 0 Å². The lowest BCUT2D eigenvalue weighted by atomic mass is 9.96. The molecule has 3 aromatic carbocycles. The van der Waals surface area contributed by atoms with Crippen molar-refractivity contribution in [2.45, 2.75) is 24.2 Å². The van der Waals surface area contributed by atoms with Crippen LogP contribution in [0, 0.1) is 0 Å². The molecule has 1 aliphatic rings. The molecule has 0 aliphatic carbocycles. The van der Waals surface area contributed by atoms with Gasteiger partial charge in [-0.1, -0.05) is 84.6 Å². The molecule has 202 valence electrons. The lowest BCUT2D eigenvalue weighted by Crippen LogP contribution is -2.48. The molecule has 5 rings (SSSR count). The fraction of sp³-hybridized carbons (Fsp3) is 0.321. The molecule has 1 fully saturated rings. The fourth-order valence-corrected chi connectivity index (χ4v) is 5.61. The van der Waals surface area contributed by atoms with Crippen molar-refractivity contribution in [3.8, 4) is 0 Å². The first-order valence-electron chi connectivity index (χ1n) is 11.9. The van der Waals surface area contributed by atoms with E-state index < -0.39 is 0 Å². The number of rotatable bonds is 8. The molecule has 0 atom stereocenters. The number of hydrogen-bond donors (Lipinski definition) is 0. The summed E-state index contributed by atoms with van der Waals surface area (Å²) in [4.78, 5) is 10.1. The standard InChI is InChI=1S/C28H32N4S.3ClH.H2O/c1-33-28-29-25-15-8-9-16-26(25)32(28)18-10-17-30-19-21-31(22-20-30)27(23-11-4-2-5-12-23)24-13-6-3-7-14-24;;;;/h2-9,11-16,27H,10,17-22H2,1H3;3*1H;1H2. The van der Waals surface area contributed by atoms with Crippen molar-refractivity contribution in [3.05, 3.63) is 96.1 Å². The van der Waals surface area contributed by atoms with Crippen molar-refractivity contribution < 1.29 is 5.48 Å². The van der Waals surface area contributed by atoms with Crippen LogP contribution in [0.25, 0.3) is 11.0 Å². The Morgan fingerprint density at radius 1 is 0.730 bits per heavy atom. The van der Waals surface area contributed by atoms with Gasteiger partial charge >= 0.3 is 0 Å². The van der Waals surface area contributed by atoms with E-state index in [0.29, 0.717) is 6.04 Å². The first kappa shape index (κ1) is 33.3. The van der Waals surface area contributed by atoms with E-state index in [0.717, 1.165) is 56.4 Å². The second-order valence-electron chi connectivity index (χ2n) is 8.69. The third-order valence-corrected chi connectivity index (χ3v) is 7.34. The highest BCUT2D eigenvalue weighted by atomic mass is 35.5. The molecule has 4 aromatic rings. The number of piperazine rings is 1. The maximum atomic E-state index is 4.79. The van der Waals surface area contributed by atoms with E-state index in [4.69, 9.17) is 4.98 Å². The van der Waals surface area contributed by atoms with E-state index in [9.17, 15) is 0 Å². The molecule has 0 bridgehead atoms. The molecule has 5 nitrogen and oxygen atoms in total. The Kier molecular flexibility index (Phi) is 14.6. The SMILES string of the molecule is CSc1nc2ccccc2n1CCCN1CCN(C(c2ccccc2)c2ccccc2)CC1.Cl.Cl.Cl.O. The summed E-state index contributed by atoms with van der Waals surface area (Å²) in [6.45, 7) is 6.59. The minimum atomic E-state index is 0. The van der Waals surface area contributed by atoms with Crippen LogP contribution in [0.2, 0.25) is 0 Å². The Bertz CT molecular complexity index is 1130. The summed E-state index contributed by atoms with van der Waals surface area (Å²) >= 11 is 1.74. The molecule has 37 heavy (non-hydrogen) atoms. The van der Waals surface area contributed by atoms with Gasteiger partial charge in [0.1, 0.15) is 0 Å². The van der Waals surface area contributed by atoms with Crippen molar-refractivity contribution in [2.75, 3.05) is 39.0 Å². The molecule has 1 saturated heterocycles. The first-order chi connectivity index (χ1) is 16.3. The average molecular weight is 584 g/mol. The van der Waals surface area contributed by atoms with Crippen molar-refractivity contribution >= 4 is 60.0 Å². The summed E-state index contributed by atoms with van der Waals surface area (Å²) in [7, 11) is 0. The van der Waals surface area contributed by atoms with Crippen LogP contribution in [0.15, 0.2) is 90.1 Å². The van der Waals surface area contributed by atoms with Gasteiger partial charge in [-0.3, -0.25) is 4.90 Å². The van der Waals surface area contributed by atoms with Gasteiger partial charge in [-0.25, -0.2) is 4.98 Å². The third kappa shape index (κ3) is 7.87. The van der Waals surface area contributed by atoms with Crippen molar-refractivity contribution in [1.29, 1.82) is 0 Å². The zero-order chi connectivity index (χ0) is 22.5. The van der Waals surface area contributed by atoms with Crippen molar-refractivity contribution in [1.82, 2.24) is 19.4 Å². The number of nitrogens with zero attached hydrogens (tertiary/aromatic N) is 4. The maximum Gasteiger partial charge on any atom is 0.168 e. The molecule has 0 amide bonds. The van der Waals surface area contributed by atoms with Gasteiger partial charge in [-0.2, -0.15) is 0 Å². The number of aromatic nitrogens is 2. The zero-order valence-corrected chi connectivity index (χ0v) is 24.3. The molecule has 2 N–H and O–H groups in total. The van der Waals surface area contributed by atoms with Gasteiger partial charge in [0.25, 0.3) is 0 Å². The predicted molar refractivity (Wildman–Crippen MR) is 164 cm³/mol. The minimum absolute atomic E-state index is 0. The van der Waals surface area contributed by atoms with Crippen LogP contribution in [-0.4, -0.2) is 63.8 Å². The molecule has 9 heteroatoms.